The number of Topliss-reactive ketones (excluding diaryl/α,β-unsaturated/α-hetero) is 1. The topological polar surface area (TPSA) is 45.8 Å². The molecule has 1 aliphatic heterocycles. The zero-order chi connectivity index (χ0) is 12.4. The fourth-order valence-electron chi connectivity index (χ4n) is 1.55. The third-order valence-corrected chi connectivity index (χ3v) is 6.19. The Labute approximate surface area is 118 Å². The summed E-state index contributed by atoms with van der Waals surface area (Å²) in [7, 11) is 0. The minimum Gasteiger partial charge on any atom is -0.339 e. The van der Waals surface area contributed by atoms with Crippen LogP contribution in [-0.4, -0.2) is 36.1 Å². The number of ketones is 1. The Morgan fingerprint density at radius 1 is 1.65 bits per heavy atom. The van der Waals surface area contributed by atoms with E-state index < -0.39 is 0 Å². The third kappa shape index (κ3) is 2.73. The monoisotopic (exact) mass is 354 g/mol. The van der Waals surface area contributed by atoms with Crippen LogP contribution in [0, 0.1) is 6.92 Å². The zero-order valence-electron chi connectivity index (χ0n) is 9.75. The number of hydrogen-bond acceptors (Lipinski definition) is 2. The SMILES string of the molecule is C=Cc1nc(C(=O)C2=CC=I[C]([AlH2])=C2)[nH]c1C. The minimum absolute atomic E-state index is 0.0329. The molecule has 3 nitrogen and oxygen atoms in total. The molecule has 1 aromatic rings. The number of nitrogens with zero attached hydrogens (tertiary/aromatic N) is 1. The van der Waals surface area contributed by atoms with E-state index in [1.165, 1.54) is 2.44 Å². The molecule has 2 rings (SSSR count). The molecule has 0 unspecified atom stereocenters. The van der Waals surface area contributed by atoms with Gasteiger partial charge in [0.05, 0.1) is 5.69 Å². The summed E-state index contributed by atoms with van der Waals surface area (Å²) >= 11 is 1.09. The van der Waals surface area contributed by atoms with Gasteiger partial charge >= 0.3 is 0 Å². The molecule has 0 amide bonds. The molecule has 0 fully saturated rings. The van der Waals surface area contributed by atoms with Gasteiger partial charge in [-0.15, -0.1) is 20.7 Å². The molecule has 17 heavy (non-hydrogen) atoms. The van der Waals surface area contributed by atoms with Crippen LogP contribution in [0.2, 0.25) is 0 Å². The molecule has 0 spiro atoms. The van der Waals surface area contributed by atoms with Crippen LogP contribution in [0.1, 0.15) is 22.0 Å². The summed E-state index contributed by atoms with van der Waals surface area (Å²) in [5, 5.41) is 0. The van der Waals surface area contributed by atoms with Crippen LogP contribution >= 0.6 is 20.7 Å². The minimum atomic E-state index is -0.0329. The Balaban J connectivity index is 2.35. The average molecular weight is 354 g/mol. The van der Waals surface area contributed by atoms with Gasteiger partial charge in [0.2, 0.25) is 5.78 Å². The second-order valence-electron chi connectivity index (χ2n) is 3.72. The number of H-pyrrole nitrogens is 1. The number of aromatic nitrogens is 2. The number of imidazole rings is 1. The second-order valence-corrected chi connectivity index (χ2v) is 9.87. The number of halogens is 1. The summed E-state index contributed by atoms with van der Waals surface area (Å²) in [4.78, 5) is 19.4. The van der Waals surface area contributed by atoms with Crippen molar-refractivity contribution in [2.24, 2.45) is 0 Å². The maximum Gasteiger partial charge on any atom is 0.268 e. The van der Waals surface area contributed by atoms with E-state index >= 15 is 0 Å². The first-order chi connectivity index (χ1) is 8.11. The van der Waals surface area contributed by atoms with Crippen LogP contribution in [0.5, 0.6) is 0 Å². The quantitative estimate of drug-likeness (QED) is 0.511. The molecule has 0 saturated heterocycles. The highest BCUT2D eigenvalue weighted by atomic mass is 127. The van der Waals surface area contributed by atoms with Gasteiger partial charge in [-0.3, -0.25) is 4.79 Å². The van der Waals surface area contributed by atoms with Crippen LogP contribution in [0.15, 0.2) is 26.7 Å². The average Bonchev–Trinajstić information content (AvgIpc) is 2.69. The predicted molar refractivity (Wildman–Crippen MR) is 82.5 cm³/mol. The molecule has 0 aromatic carbocycles. The highest BCUT2D eigenvalue weighted by Crippen LogP contribution is 2.20. The fraction of sp³-hybridized carbons (Fsp3) is 0.0833. The van der Waals surface area contributed by atoms with Crippen LogP contribution < -0.4 is 0 Å². The van der Waals surface area contributed by atoms with E-state index in [9.17, 15) is 4.79 Å². The van der Waals surface area contributed by atoms with Crippen molar-refractivity contribution in [1.82, 2.24) is 9.97 Å². The Hall–Kier alpha value is -0.768. The van der Waals surface area contributed by atoms with Gasteiger partial charge in [0.25, 0.3) is 16.3 Å². The van der Waals surface area contributed by atoms with Crippen molar-refractivity contribution in [3.8, 4) is 0 Å². The number of nitrogens with one attached hydrogen (secondary N) is 1. The number of allylic oxidation sites excluding steroid dienone is 3. The van der Waals surface area contributed by atoms with Gasteiger partial charge in [0, 0.05) is 11.3 Å². The molecule has 1 aliphatic rings. The highest BCUT2D eigenvalue weighted by molar-refractivity contribution is 14.2. The summed E-state index contributed by atoms with van der Waals surface area (Å²) < 4.78 is 3.57. The standard InChI is InChI=1S/C12H10IN2O.Al.2H/c1-3-10-8(2)14-12(15-10)11(16)9-4-6-13-7-5-9;;;/h3-6H,1H2,2H3,(H,14,15);;;. The van der Waals surface area contributed by atoms with Crippen LogP contribution in [0.3, 0.4) is 0 Å². The molecule has 0 radical (unpaired) electrons. The van der Waals surface area contributed by atoms with E-state index in [1.807, 2.05) is 19.1 Å². The van der Waals surface area contributed by atoms with Crippen molar-refractivity contribution in [3.05, 3.63) is 44.0 Å². The lowest BCUT2D eigenvalue weighted by molar-refractivity contribution is 0.102. The number of hydrogen-bond donors (Lipinski definition) is 1. The smallest absolute Gasteiger partial charge is 0.268 e. The zero-order valence-corrected chi connectivity index (χ0v) is 13.9. The first-order valence-electron chi connectivity index (χ1n) is 5.20. The Morgan fingerprint density at radius 3 is 3.00 bits per heavy atom. The number of aromatic amines is 1. The second kappa shape index (κ2) is 5.25. The fourth-order valence-corrected chi connectivity index (χ4v) is 4.36. The van der Waals surface area contributed by atoms with Gasteiger partial charge in [0.15, 0.2) is 5.82 Å². The van der Waals surface area contributed by atoms with Gasteiger partial charge < -0.3 is 4.98 Å². The van der Waals surface area contributed by atoms with Crippen molar-refractivity contribution in [2.45, 2.75) is 6.92 Å². The lowest BCUT2D eigenvalue weighted by Gasteiger charge is -2.03. The van der Waals surface area contributed by atoms with E-state index in [4.69, 9.17) is 0 Å². The summed E-state index contributed by atoms with van der Waals surface area (Å²) in [6, 6.07) is 0. The van der Waals surface area contributed by atoms with Crippen LogP contribution in [0.25, 0.3) is 6.08 Å². The van der Waals surface area contributed by atoms with Crippen molar-refractivity contribution in [2.75, 3.05) is 0 Å². The maximum atomic E-state index is 12.2. The molecule has 1 aromatic heterocycles. The predicted octanol–water partition coefficient (Wildman–Crippen LogP) is 1.73. The van der Waals surface area contributed by atoms with Gasteiger partial charge in [-0.05, 0) is 23.1 Å². The summed E-state index contributed by atoms with van der Waals surface area (Å²) in [6.45, 7) is 5.56. The Morgan fingerprint density at radius 2 is 2.41 bits per heavy atom. The van der Waals surface area contributed by atoms with Crippen molar-refractivity contribution in [3.63, 3.8) is 0 Å². The van der Waals surface area contributed by atoms with E-state index in [2.05, 4.69) is 20.6 Å². The molecule has 0 saturated carbocycles. The van der Waals surface area contributed by atoms with Gasteiger partial charge in [-0.25, -0.2) is 4.98 Å². The van der Waals surface area contributed by atoms with E-state index in [0.29, 0.717) is 5.82 Å². The lowest BCUT2D eigenvalue weighted by Crippen LogP contribution is -2.06. The van der Waals surface area contributed by atoms with E-state index in [-0.39, 0.29) is 26.5 Å². The molecule has 86 valence electrons. The highest BCUT2D eigenvalue weighted by Gasteiger charge is 2.16. The summed E-state index contributed by atoms with van der Waals surface area (Å²) in [5.41, 5.74) is 2.37. The molecular formula is C12H12AlIN2O. The Bertz CT molecular complexity index is 581. The number of aryl methyl sites for hydroxylation is 1. The number of carbonyl (C=O) groups is 1. The summed E-state index contributed by atoms with van der Waals surface area (Å²) in [5.74, 6) is 0.373. The first-order valence-corrected chi connectivity index (χ1v) is 8.53. The van der Waals surface area contributed by atoms with Gasteiger partial charge in [0.1, 0.15) is 0 Å². The normalized spacial score (nSPS) is 14.6. The number of rotatable bonds is 3. The van der Waals surface area contributed by atoms with Crippen LogP contribution in [0.4, 0.5) is 0 Å². The largest absolute Gasteiger partial charge is 0.339 e. The van der Waals surface area contributed by atoms with Gasteiger partial charge in [-0.1, -0.05) is 15.1 Å². The molecular weight excluding hydrogens is 342 g/mol. The lowest BCUT2D eigenvalue weighted by atomic mass is 10.1. The maximum absolute atomic E-state index is 12.2. The molecule has 5 heteroatoms. The summed E-state index contributed by atoms with van der Waals surface area (Å²) in [6.07, 6.45) is 5.60. The first kappa shape index (κ1) is 12.7. The molecule has 1 N–H and O–H groups in total. The third-order valence-electron chi connectivity index (χ3n) is 2.43. The molecule has 0 bridgehead atoms. The molecule has 0 aliphatic carbocycles. The van der Waals surface area contributed by atoms with Gasteiger partial charge in [-0.2, -0.15) is 0 Å². The van der Waals surface area contributed by atoms with Crippen molar-refractivity contribution in [1.29, 1.82) is 0 Å². The van der Waals surface area contributed by atoms with E-state index in [1.54, 1.807) is 6.08 Å². The Kier molecular flexibility index (Phi) is 3.92. The van der Waals surface area contributed by atoms with Crippen molar-refractivity contribution >= 4 is 52.9 Å². The van der Waals surface area contributed by atoms with Crippen molar-refractivity contribution < 1.29 is 4.79 Å². The number of carbonyl (C=O) groups excluding carboxylic acids is 1. The molecule has 0 atom stereocenters. The molecule has 2 heterocycles. The van der Waals surface area contributed by atoms with E-state index in [0.717, 1.165) is 33.3 Å². The van der Waals surface area contributed by atoms with Crippen LogP contribution in [-0.2, 0) is 0 Å².